The van der Waals surface area contributed by atoms with Gasteiger partial charge in [-0.25, -0.2) is 8.78 Å². The molecular weight excluding hydrogens is 136 g/mol. The van der Waals surface area contributed by atoms with E-state index in [2.05, 4.69) is 6.58 Å². The van der Waals surface area contributed by atoms with E-state index in [1.165, 1.54) is 0 Å². The molecule has 9 heavy (non-hydrogen) atoms. The fourth-order valence-electron chi connectivity index (χ4n) is 0.244. The average molecular weight is 141 g/mol. The minimum absolute atomic E-state index is 1.09. The molecule has 0 unspecified atom stereocenters. The average Bonchev–Trinajstić information content (AvgIpc) is 1.65. The van der Waals surface area contributed by atoms with Gasteiger partial charge in [0.1, 0.15) is 0 Å². The van der Waals surface area contributed by atoms with Gasteiger partial charge in [-0.1, -0.05) is 6.58 Å². The summed E-state index contributed by atoms with van der Waals surface area (Å²) in [6.45, 7) is 2.79. The van der Waals surface area contributed by atoms with Crippen LogP contribution in [0.1, 0.15) is 6.42 Å². The zero-order chi connectivity index (χ0) is 7.49. The molecule has 0 heterocycles. The third kappa shape index (κ3) is 2.49. The molecule has 0 aromatic heterocycles. The van der Waals surface area contributed by atoms with E-state index in [-0.39, 0.29) is 0 Å². The van der Waals surface area contributed by atoms with Crippen LogP contribution >= 0.6 is 0 Å². The van der Waals surface area contributed by atoms with E-state index in [4.69, 9.17) is 0 Å². The van der Waals surface area contributed by atoms with Crippen molar-refractivity contribution >= 4 is 0 Å². The Hall–Kier alpha value is -0.540. The van der Waals surface area contributed by atoms with Crippen molar-refractivity contribution in [3.8, 4) is 0 Å². The molecule has 4 heteroatoms. The summed E-state index contributed by atoms with van der Waals surface area (Å²) in [5.74, 6) is -3.96. The predicted octanol–water partition coefficient (Wildman–Crippen LogP) is 2.27. The quantitative estimate of drug-likeness (QED) is 0.529. The first-order chi connectivity index (χ1) is 4.00. The third-order valence-corrected chi connectivity index (χ3v) is 0.680. The van der Waals surface area contributed by atoms with Gasteiger partial charge in [0, 0.05) is 6.42 Å². The minimum Gasteiger partial charge on any atom is -0.204 e. The SMILES string of the molecule is C=[C]CC(F)(F)C(F)F. The molecule has 0 rings (SSSR count). The number of allylic oxidation sites excluding steroid dienone is 1. The summed E-state index contributed by atoms with van der Waals surface area (Å²) in [6, 6.07) is 0. The summed E-state index contributed by atoms with van der Waals surface area (Å²) in [5.41, 5.74) is 0. The second-order valence-corrected chi connectivity index (χ2v) is 1.49. The lowest BCUT2D eigenvalue weighted by molar-refractivity contribution is -0.126. The molecule has 0 aliphatic rings. The van der Waals surface area contributed by atoms with Gasteiger partial charge in [0.2, 0.25) is 0 Å². The van der Waals surface area contributed by atoms with Crippen molar-refractivity contribution in [1.82, 2.24) is 0 Å². The Bertz CT molecular complexity index is 97.1. The van der Waals surface area contributed by atoms with Crippen molar-refractivity contribution in [2.75, 3.05) is 0 Å². The van der Waals surface area contributed by atoms with Gasteiger partial charge < -0.3 is 0 Å². The normalized spacial score (nSPS) is 12.1. The van der Waals surface area contributed by atoms with Crippen LogP contribution in [0, 0.1) is 6.08 Å². The second kappa shape index (κ2) is 2.85. The fourth-order valence-corrected chi connectivity index (χ4v) is 0.244. The van der Waals surface area contributed by atoms with E-state index in [1.54, 1.807) is 6.08 Å². The van der Waals surface area contributed by atoms with Gasteiger partial charge in [0.05, 0.1) is 0 Å². The highest BCUT2D eigenvalue weighted by Crippen LogP contribution is 2.25. The number of hydrogen-bond donors (Lipinski definition) is 0. The molecule has 0 fully saturated rings. The van der Waals surface area contributed by atoms with Crippen LogP contribution in [0.15, 0.2) is 6.58 Å². The van der Waals surface area contributed by atoms with E-state index in [9.17, 15) is 17.6 Å². The van der Waals surface area contributed by atoms with Crippen molar-refractivity contribution in [1.29, 1.82) is 0 Å². The van der Waals surface area contributed by atoms with Crippen molar-refractivity contribution in [3.05, 3.63) is 12.7 Å². The van der Waals surface area contributed by atoms with Gasteiger partial charge in [-0.15, -0.1) is 0 Å². The van der Waals surface area contributed by atoms with E-state index < -0.39 is 18.8 Å². The number of rotatable bonds is 3. The van der Waals surface area contributed by atoms with Gasteiger partial charge >= 0.3 is 12.3 Å². The highest BCUT2D eigenvalue weighted by Gasteiger charge is 2.38. The Morgan fingerprint density at radius 1 is 1.44 bits per heavy atom. The van der Waals surface area contributed by atoms with E-state index in [0.717, 1.165) is 0 Å². The molecule has 1 radical (unpaired) electrons. The Morgan fingerprint density at radius 2 is 1.89 bits per heavy atom. The molecule has 53 valence electrons. The standard InChI is InChI=1S/C5H5F4/c1-2-3-5(8,9)4(6)7/h4H,1,3H2. The molecule has 0 aromatic carbocycles. The highest BCUT2D eigenvalue weighted by molar-refractivity contribution is 4.74. The van der Waals surface area contributed by atoms with Crippen LogP contribution in [-0.4, -0.2) is 12.3 Å². The number of alkyl halides is 4. The van der Waals surface area contributed by atoms with Crippen LogP contribution in [0.25, 0.3) is 0 Å². The molecule has 0 aliphatic heterocycles. The molecule has 0 aromatic rings. The minimum atomic E-state index is -3.96. The summed E-state index contributed by atoms with van der Waals surface area (Å²) in [5, 5.41) is 0. The van der Waals surface area contributed by atoms with Gasteiger partial charge in [-0.2, -0.15) is 8.78 Å². The summed E-state index contributed by atoms with van der Waals surface area (Å²) in [7, 11) is 0. The molecule has 0 N–H and O–H groups in total. The van der Waals surface area contributed by atoms with Crippen LogP contribution in [0.2, 0.25) is 0 Å². The maximum Gasteiger partial charge on any atom is 0.311 e. The lowest BCUT2D eigenvalue weighted by Crippen LogP contribution is -2.25. The van der Waals surface area contributed by atoms with E-state index in [0.29, 0.717) is 0 Å². The van der Waals surface area contributed by atoms with Gasteiger partial charge in [0.25, 0.3) is 0 Å². The lowest BCUT2D eigenvalue weighted by Gasteiger charge is -2.10. The van der Waals surface area contributed by atoms with Crippen LogP contribution in [0.4, 0.5) is 17.6 Å². The Kier molecular flexibility index (Phi) is 2.67. The summed E-state index contributed by atoms with van der Waals surface area (Å²) in [6.07, 6.45) is -3.00. The lowest BCUT2D eigenvalue weighted by atomic mass is 10.2. The molecular formula is C5H5F4. The van der Waals surface area contributed by atoms with Crippen LogP contribution < -0.4 is 0 Å². The highest BCUT2D eigenvalue weighted by atomic mass is 19.3. The van der Waals surface area contributed by atoms with Crippen molar-refractivity contribution in [3.63, 3.8) is 0 Å². The van der Waals surface area contributed by atoms with Crippen LogP contribution in [0.3, 0.4) is 0 Å². The maximum absolute atomic E-state index is 11.7. The first-order valence-electron chi connectivity index (χ1n) is 2.16. The van der Waals surface area contributed by atoms with Crippen LogP contribution in [-0.2, 0) is 0 Å². The van der Waals surface area contributed by atoms with Gasteiger partial charge in [-0.05, 0) is 6.08 Å². The zero-order valence-electron chi connectivity index (χ0n) is 4.50. The molecule has 0 aliphatic carbocycles. The summed E-state index contributed by atoms with van der Waals surface area (Å²) >= 11 is 0. The predicted molar refractivity (Wildman–Crippen MR) is 24.4 cm³/mol. The van der Waals surface area contributed by atoms with Crippen molar-refractivity contribution in [2.24, 2.45) is 0 Å². The fraction of sp³-hybridized carbons (Fsp3) is 0.600. The number of hydrogen-bond acceptors (Lipinski definition) is 0. The largest absolute Gasteiger partial charge is 0.311 e. The maximum atomic E-state index is 11.7. The first-order valence-corrected chi connectivity index (χ1v) is 2.16. The summed E-state index contributed by atoms with van der Waals surface area (Å²) in [4.78, 5) is 0. The summed E-state index contributed by atoms with van der Waals surface area (Å²) < 4.78 is 45.8. The molecule has 0 atom stereocenters. The molecule has 0 saturated carbocycles. The monoisotopic (exact) mass is 141 g/mol. The van der Waals surface area contributed by atoms with E-state index in [1.807, 2.05) is 0 Å². The first kappa shape index (κ1) is 8.46. The Labute approximate surface area is 50.2 Å². The third-order valence-electron chi connectivity index (χ3n) is 0.680. The zero-order valence-corrected chi connectivity index (χ0v) is 4.50. The van der Waals surface area contributed by atoms with Crippen LogP contribution in [0.5, 0.6) is 0 Å². The second-order valence-electron chi connectivity index (χ2n) is 1.49. The molecule has 0 spiro atoms. The molecule has 0 nitrogen and oxygen atoms in total. The molecule has 0 saturated heterocycles. The van der Waals surface area contributed by atoms with Crippen molar-refractivity contribution in [2.45, 2.75) is 18.8 Å². The smallest absolute Gasteiger partial charge is 0.204 e. The molecule has 0 bridgehead atoms. The Morgan fingerprint density at radius 3 is 2.00 bits per heavy atom. The van der Waals surface area contributed by atoms with Gasteiger partial charge in [-0.3, -0.25) is 0 Å². The topological polar surface area (TPSA) is 0 Å². The van der Waals surface area contributed by atoms with Crippen molar-refractivity contribution < 1.29 is 17.6 Å². The Balaban J connectivity index is 3.84. The van der Waals surface area contributed by atoms with E-state index >= 15 is 0 Å². The van der Waals surface area contributed by atoms with Gasteiger partial charge in [0.15, 0.2) is 0 Å². The number of halogens is 4. The molecule has 0 amide bonds.